The molecule has 0 aliphatic rings. The zero-order valence-electron chi connectivity index (χ0n) is 15.1. The fourth-order valence-electron chi connectivity index (χ4n) is 2.45. The lowest BCUT2D eigenvalue weighted by molar-refractivity contribution is -0.112. The van der Waals surface area contributed by atoms with E-state index in [0.717, 1.165) is 21.1 Å². The second kappa shape index (κ2) is 9.39. The van der Waals surface area contributed by atoms with Gasteiger partial charge in [0.1, 0.15) is 11.6 Å². The van der Waals surface area contributed by atoms with Crippen molar-refractivity contribution in [3.05, 3.63) is 74.5 Å². The summed E-state index contributed by atoms with van der Waals surface area (Å²) in [6.07, 6.45) is 2.48. The largest absolute Gasteiger partial charge is 0.383 e. The number of anilines is 1. The molecule has 2 N–H and O–H groups in total. The number of amides is 1. The van der Waals surface area contributed by atoms with E-state index in [1.807, 2.05) is 38.1 Å². The first-order valence-corrected chi connectivity index (χ1v) is 9.55. The molecule has 0 saturated carbocycles. The molecule has 2 aromatic rings. The highest BCUT2D eigenvalue weighted by Crippen LogP contribution is 2.18. The first kappa shape index (κ1) is 20.0. The van der Waals surface area contributed by atoms with E-state index in [0.29, 0.717) is 5.69 Å². The number of nitrogens with one attached hydrogen (secondary N) is 2. The number of nitriles is 1. The lowest BCUT2D eigenvalue weighted by Crippen LogP contribution is -2.19. The van der Waals surface area contributed by atoms with Crippen LogP contribution in [0.4, 0.5) is 5.69 Å². The zero-order chi connectivity index (χ0) is 19.1. The lowest BCUT2D eigenvalue weighted by atomic mass is 10.1. The molecule has 0 fully saturated rings. The molecule has 0 bridgehead atoms. The number of carbonyl (C=O) groups is 1. The van der Waals surface area contributed by atoms with Gasteiger partial charge in [-0.2, -0.15) is 5.26 Å². The molecule has 0 aromatic heterocycles. The Labute approximate surface area is 168 Å². The Balaban J connectivity index is 2.06. The predicted octanol–water partition coefficient (Wildman–Crippen LogP) is 4.86. The van der Waals surface area contributed by atoms with Crippen molar-refractivity contribution in [3.63, 3.8) is 0 Å². The average molecular weight is 459 g/mol. The van der Waals surface area contributed by atoms with Crippen LogP contribution in [0.3, 0.4) is 0 Å². The average Bonchev–Trinajstić information content (AvgIpc) is 2.64. The maximum atomic E-state index is 12.4. The number of hydrogen-bond donors (Lipinski definition) is 2. The first-order chi connectivity index (χ1) is 12.4. The molecule has 134 valence electrons. The third kappa shape index (κ3) is 5.33. The maximum Gasteiger partial charge on any atom is 0.267 e. The molecule has 1 atom stereocenters. The van der Waals surface area contributed by atoms with E-state index in [-0.39, 0.29) is 11.6 Å². The number of nitrogens with zero attached hydrogens (tertiary/aromatic N) is 1. The van der Waals surface area contributed by atoms with Crippen LogP contribution in [0.1, 0.15) is 36.6 Å². The van der Waals surface area contributed by atoms with Crippen LogP contribution in [-0.4, -0.2) is 5.91 Å². The van der Waals surface area contributed by atoms with Gasteiger partial charge in [-0.15, -0.1) is 0 Å². The Hall–Kier alpha value is -2.33. The third-order valence-corrected chi connectivity index (χ3v) is 4.84. The summed E-state index contributed by atoms with van der Waals surface area (Å²) >= 11 is 2.22. The third-order valence-electron chi connectivity index (χ3n) is 4.17. The molecule has 1 unspecified atom stereocenters. The van der Waals surface area contributed by atoms with Crippen molar-refractivity contribution in [2.45, 2.75) is 33.2 Å². The molecular weight excluding hydrogens is 437 g/mol. The Morgan fingerprint density at radius 1 is 1.27 bits per heavy atom. The van der Waals surface area contributed by atoms with Crippen molar-refractivity contribution >= 4 is 34.2 Å². The van der Waals surface area contributed by atoms with Crippen LogP contribution in [0.15, 0.2) is 54.2 Å². The van der Waals surface area contributed by atoms with Gasteiger partial charge in [-0.1, -0.05) is 31.2 Å². The number of hydrogen-bond acceptors (Lipinski definition) is 3. The van der Waals surface area contributed by atoms with Gasteiger partial charge in [0.05, 0.1) is 0 Å². The van der Waals surface area contributed by atoms with Gasteiger partial charge >= 0.3 is 0 Å². The highest BCUT2D eigenvalue weighted by atomic mass is 127. The lowest BCUT2D eigenvalue weighted by Gasteiger charge is -2.13. The molecule has 2 rings (SSSR count). The zero-order valence-corrected chi connectivity index (χ0v) is 17.3. The predicted molar refractivity (Wildman–Crippen MR) is 114 cm³/mol. The minimum atomic E-state index is -0.419. The fraction of sp³-hybridized carbons (Fsp3) is 0.238. The van der Waals surface area contributed by atoms with Crippen LogP contribution in [0.2, 0.25) is 0 Å². The fourth-order valence-corrected chi connectivity index (χ4v) is 3.10. The van der Waals surface area contributed by atoms with E-state index in [1.54, 1.807) is 0 Å². The standard InChI is InChI=1S/C21H22IN3O/c1-4-16-5-7-17(8-6-16)15(3)24-13-18(12-23)21(26)25-20-10-9-19(22)11-14(20)2/h5-11,13,15,24H,4H2,1-3H3,(H,25,26)/b18-13-. The normalized spacial score (nSPS) is 12.2. The second-order valence-electron chi connectivity index (χ2n) is 6.07. The molecule has 0 aliphatic heterocycles. The van der Waals surface area contributed by atoms with E-state index in [4.69, 9.17) is 0 Å². The van der Waals surface area contributed by atoms with Gasteiger partial charge in [0.15, 0.2) is 0 Å². The number of benzene rings is 2. The van der Waals surface area contributed by atoms with Crippen LogP contribution < -0.4 is 10.6 Å². The van der Waals surface area contributed by atoms with Gasteiger partial charge in [0, 0.05) is 21.5 Å². The van der Waals surface area contributed by atoms with Gasteiger partial charge in [-0.3, -0.25) is 4.79 Å². The van der Waals surface area contributed by atoms with Crippen molar-refractivity contribution in [2.75, 3.05) is 5.32 Å². The molecule has 0 saturated heterocycles. The molecule has 0 spiro atoms. The quantitative estimate of drug-likeness (QED) is 0.369. The summed E-state index contributed by atoms with van der Waals surface area (Å²) < 4.78 is 1.10. The molecule has 0 radical (unpaired) electrons. The van der Waals surface area contributed by atoms with Crippen molar-refractivity contribution in [3.8, 4) is 6.07 Å². The Bertz CT molecular complexity index is 851. The first-order valence-electron chi connectivity index (χ1n) is 8.47. The van der Waals surface area contributed by atoms with Crippen LogP contribution in [0, 0.1) is 21.8 Å². The molecule has 1 amide bonds. The molecule has 4 nitrogen and oxygen atoms in total. The highest BCUT2D eigenvalue weighted by Gasteiger charge is 2.12. The van der Waals surface area contributed by atoms with Gasteiger partial charge in [0.2, 0.25) is 0 Å². The van der Waals surface area contributed by atoms with E-state index in [1.165, 1.54) is 11.8 Å². The SMILES string of the molecule is CCc1ccc(C(C)N/C=C(/C#N)C(=O)Nc2ccc(I)cc2C)cc1. The molecule has 0 aliphatic carbocycles. The smallest absolute Gasteiger partial charge is 0.267 e. The monoisotopic (exact) mass is 459 g/mol. The Kier molecular flexibility index (Phi) is 7.22. The minimum absolute atomic E-state index is 0.00269. The van der Waals surface area contributed by atoms with Crippen molar-refractivity contribution in [1.29, 1.82) is 5.26 Å². The van der Waals surface area contributed by atoms with Crippen molar-refractivity contribution < 1.29 is 4.79 Å². The molecule has 5 heteroatoms. The summed E-state index contributed by atoms with van der Waals surface area (Å²) in [5, 5.41) is 15.2. The molecular formula is C21H22IN3O. The molecule has 2 aromatic carbocycles. The van der Waals surface area contributed by atoms with Gasteiger partial charge in [0.25, 0.3) is 5.91 Å². The molecule has 26 heavy (non-hydrogen) atoms. The van der Waals surface area contributed by atoms with E-state index >= 15 is 0 Å². The highest BCUT2D eigenvalue weighted by molar-refractivity contribution is 14.1. The summed E-state index contributed by atoms with van der Waals surface area (Å²) in [5.41, 5.74) is 4.09. The van der Waals surface area contributed by atoms with Crippen molar-refractivity contribution in [2.24, 2.45) is 0 Å². The number of rotatable bonds is 6. The van der Waals surface area contributed by atoms with E-state index in [9.17, 15) is 10.1 Å². The number of aryl methyl sites for hydroxylation is 2. The van der Waals surface area contributed by atoms with Crippen molar-refractivity contribution in [1.82, 2.24) is 5.32 Å². The summed E-state index contributed by atoms with van der Waals surface area (Å²) in [6.45, 7) is 6.04. The molecule has 0 heterocycles. The maximum absolute atomic E-state index is 12.4. The second-order valence-corrected chi connectivity index (χ2v) is 7.31. The Morgan fingerprint density at radius 2 is 1.96 bits per heavy atom. The topological polar surface area (TPSA) is 64.9 Å². The van der Waals surface area contributed by atoms with Gasteiger partial charge in [-0.25, -0.2) is 0 Å². The summed E-state index contributed by atoms with van der Waals surface area (Å²) in [4.78, 5) is 12.4. The summed E-state index contributed by atoms with van der Waals surface area (Å²) in [7, 11) is 0. The van der Waals surface area contributed by atoms with Gasteiger partial charge in [-0.05, 0) is 77.7 Å². The van der Waals surface area contributed by atoms with E-state index < -0.39 is 5.91 Å². The Morgan fingerprint density at radius 3 is 2.54 bits per heavy atom. The minimum Gasteiger partial charge on any atom is -0.383 e. The van der Waals surface area contributed by atoms with Crippen LogP contribution >= 0.6 is 22.6 Å². The van der Waals surface area contributed by atoms with Crippen LogP contribution in [0.25, 0.3) is 0 Å². The number of halogens is 1. The number of carbonyl (C=O) groups excluding carboxylic acids is 1. The summed E-state index contributed by atoms with van der Waals surface area (Å²) in [6, 6.07) is 16.0. The van der Waals surface area contributed by atoms with Gasteiger partial charge < -0.3 is 10.6 Å². The summed E-state index contributed by atoms with van der Waals surface area (Å²) in [5.74, 6) is -0.419. The van der Waals surface area contributed by atoms with Crippen LogP contribution in [0.5, 0.6) is 0 Å². The van der Waals surface area contributed by atoms with E-state index in [2.05, 4.69) is 64.4 Å². The van der Waals surface area contributed by atoms with Crippen LogP contribution in [-0.2, 0) is 11.2 Å².